The summed E-state index contributed by atoms with van der Waals surface area (Å²) in [5.74, 6) is 0.433. The maximum atomic E-state index is 14.5. The molecule has 4 aromatic rings. The van der Waals surface area contributed by atoms with E-state index in [4.69, 9.17) is 4.98 Å². The normalized spacial score (nSPS) is 16.0. The second-order valence-electron chi connectivity index (χ2n) is 10.0. The molecule has 1 fully saturated rings. The largest absolute Gasteiger partial charge is 0.268 e. The Morgan fingerprint density at radius 1 is 0.917 bits per heavy atom. The number of anilines is 1. The van der Waals surface area contributed by atoms with Crippen molar-refractivity contribution in [2.24, 2.45) is 5.10 Å². The van der Waals surface area contributed by atoms with Crippen molar-refractivity contribution in [3.8, 4) is 16.9 Å². The summed E-state index contributed by atoms with van der Waals surface area (Å²) in [7, 11) is 0. The number of rotatable bonds is 4. The number of aromatic nitrogens is 2. The van der Waals surface area contributed by atoms with Crippen molar-refractivity contribution in [3.05, 3.63) is 111 Å². The summed E-state index contributed by atoms with van der Waals surface area (Å²) in [6.45, 7) is 2.03. The fraction of sp³-hybridized carbons (Fsp3) is 0.258. The summed E-state index contributed by atoms with van der Waals surface area (Å²) < 4.78 is 1.74. The maximum absolute atomic E-state index is 14.5. The quantitative estimate of drug-likeness (QED) is 0.275. The molecular weight excluding hydrogens is 444 g/mol. The highest BCUT2D eigenvalue weighted by Crippen LogP contribution is 2.48. The zero-order valence-corrected chi connectivity index (χ0v) is 20.6. The predicted octanol–water partition coefficient (Wildman–Crippen LogP) is 6.41. The third kappa shape index (κ3) is 3.85. The van der Waals surface area contributed by atoms with E-state index in [1.165, 1.54) is 12.0 Å². The molecule has 0 aliphatic heterocycles. The van der Waals surface area contributed by atoms with Crippen molar-refractivity contribution < 1.29 is 0 Å². The zero-order valence-electron chi connectivity index (χ0n) is 20.6. The van der Waals surface area contributed by atoms with Gasteiger partial charge in [0.05, 0.1) is 23.2 Å². The summed E-state index contributed by atoms with van der Waals surface area (Å²) in [4.78, 5) is 19.7. The number of nitrogens with zero attached hydrogens (tertiary/aromatic N) is 3. The van der Waals surface area contributed by atoms with Crippen molar-refractivity contribution >= 4 is 12.2 Å². The van der Waals surface area contributed by atoms with Crippen molar-refractivity contribution in [2.75, 3.05) is 5.43 Å². The Bertz CT molecular complexity index is 1500. The predicted molar refractivity (Wildman–Crippen MR) is 146 cm³/mol. The van der Waals surface area contributed by atoms with Crippen LogP contribution >= 0.6 is 0 Å². The van der Waals surface area contributed by atoms with Crippen LogP contribution in [-0.2, 0) is 11.8 Å². The average Bonchev–Trinajstić information content (AvgIpc) is 2.90. The number of para-hydroxylation sites is 1. The first-order chi connectivity index (χ1) is 17.7. The molecule has 1 heterocycles. The molecule has 0 bridgehead atoms. The van der Waals surface area contributed by atoms with Gasteiger partial charge in [-0.1, -0.05) is 92.1 Å². The molecule has 0 amide bonds. The van der Waals surface area contributed by atoms with Crippen molar-refractivity contribution in [3.63, 3.8) is 0 Å². The Labute approximate surface area is 211 Å². The number of hydrazone groups is 1. The van der Waals surface area contributed by atoms with Crippen LogP contribution in [0.5, 0.6) is 0 Å². The lowest BCUT2D eigenvalue weighted by Crippen LogP contribution is -2.43. The summed E-state index contributed by atoms with van der Waals surface area (Å²) >= 11 is 0. The molecule has 180 valence electrons. The van der Waals surface area contributed by atoms with E-state index in [0.29, 0.717) is 5.95 Å². The third-order valence-corrected chi connectivity index (χ3v) is 7.76. The molecule has 5 heteroatoms. The van der Waals surface area contributed by atoms with Gasteiger partial charge in [-0.2, -0.15) is 5.10 Å². The van der Waals surface area contributed by atoms with Gasteiger partial charge in [-0.25, -0.2) is 15.0 Å². The van der Waals surface area contributed by atoms with Gasteiger partial charge in [-0.15, -0.1) is 0 Å². The van der Waals surface area contributed by atoms with E-state index >= 15 is 0 Å². The lowest BCUT2D eigenvalue weighted by molar-refractivity contribution is 0.284. The van der Waals surface area contributed by atoms with Crippen LogP contribution in [0.15, 0.2) is 88.8 Å². The first kappa shape index (κ1) is 22.5. The summed E-state index contributed by atoms with van der Waals surface area (Å²) in [6.07, 6.45) is 8.23. The molecule has 1 saturated carbocycles. The second kappa shape index (κ2) is 9.23. The van der Waals surface area contributed by atoms with E-state index in [2.05, 4.69) is 28.7 Å². The molecule has 0 saturated heterocycles. The minimum atomic E-state index is -0.164. The van der Waals surface area contributed by atoms with Gasteiger partial charge in [0.15, 0.2) is 0 Å². The molecule has 5 nitrogen and oxygen atoms in total. The van der Waals surface area contributed by atoms with Gasteiger partial charge in [-0.05, 0) is 48.9 Å². The summed E-state index contributed by atoms with van der Waals surface area (Å²) in [5.41, 5.74) is 9.83. The highest BCUT2D eigenvalue weighted by Gasteiger charge is 2.43. The molecular formula is C31H30N4O. The van der Waals surface area contributed by atoms with E-state index < -0.39 is 0 Å². The highest BCUT2D eigenvalue weighted by atomic mass is 16.1. The van der Waals surface area contributed by atoms with Crippen LogP contribution in [0.3, 0.4) is 0 Å². The van der Waals surface area contributed by atoms with Crippen LogP contribution in [0.1, 0.15) is 54.4 Å². The number of hydrogen-bond donors (Lipinski definition) is 1. The monoisotopic (exact) mass is 474 g/mol. The van der Waals surface area contributed by atoms with Gasteiger partial charge in [0.1, 0.15) is 0 Å². The van der Waals surface area contributed by atoms with Gasteiger partial charge in [0.25, 0.3) is 5.56 Å². The van der Waals surface area contributed by atoms with Gasteiger partial charge < -0.3 is 0 Å². The minimum absolute atomic E-state index is 0.0168. The number of hydrogen-bond acceptors (Lipinski definition) is 4. The molecule has 0 radical (unpaired) electrons. The summed E-state index contributed by atoms with van der Waals surface area (Å²) in [5, 5.41) is 4.48. The Hall–Kier alpha value is -3.99. The van der Waals surface area contributed by atoms with Gasteiger partial charge >= 0.3 is 0 Å². The zero-order chi connectivity index (χ0) is 24.5. The fourth-order valence-corrected chi connectivity index (χ4v) is 6.02. The topological polar surface area (TPSA) is 59.3 Å². The lowest BCUT2D eigenvalue weighted by Gasteiger charge is -2.42. The first-order valence-electron chi connectivity index (χ1n) is 12.8. The van der Waals surface area contributed by atoms with Crippen LogP contribution < -0.4 is 11.0 Å². The molecule has 1 N–H and O–H groups in total. The van der Waals surface area contributed by atoms with Crippen molar-refractivity contribution in [1.29, 1.82) is 0 Å². The van der Waals surface area contributed by atoms with Gasteiger partial charge in [0.2, 0.25) is 5.95 Å². The molecule has 1 spiro atoms. The minimum Gasteiger partial charge on any atom is -0.268 e. The highest BCUT2D eigenvalue weighted by molar-refractivity contribution is 5.80. The molecule has 2 aliphatic rings. The number of aryl methyl sites for hydroxylation is 1. The van der Waals surface area contributed by atoms with E-state index in [9.17, 15) is 4.79 Å². The fourth-order valence-electron chi connectivity index (χ4n) is 6.02. The molecule has 2 aliphatic carbocycles. The Balaban J connectivity index is 1.59. The van der Waals surface area contributed by atoms with Crippen molar-refractivity contribution in [2.45, 2.75) is 50.9 Å². The smallest absolute Gasteiger partial charge is 0.263 e. The first-order valence-corrected chi connectivity index (χ1v) is 12.8. The Kier molecular flexibility index (Phi) is 5.76. The molecule has 0 atom stereocenters. The second-order valence-corrected chi connectivity index (χ2v) is 10.0. The standard InChI is InChI=1S/C31H30N4O/c1-22-12-6-9-17-26(22)35-29(36)27-28(33-30(35)34-32-21-23-13-4-2-5-14-23)25-16-8-7-15-24(25)20-31(27)18-10-3-11-19-31/h2,4-9,12-17,21H,3,10-11,18-20H2,1H3,(H,33,34)/b32-21+. The van der Waals surface area contributed by atoms with Crippen LogP contribution in [0.4, 0.5) is 5.95 Å². The van der Waals surface area contributed by atoms with Crippen LogP contribution in [-0.4, -0.2) is 15.8 Å². The average molecular weight is 475 g/mol. The van der Waals surface area contributed by atoms with E-state index in [0.717, 1.165) is 65.7 Å². The van der Waals surface area contributed by atoms with Crippen LogP contribution in [0, 0.1) is 6.92 Å². The maximum Gasteiger partial charge on any atom is 0.263 e. The molecule has 36 heavy (non-hydrogen) atoms. The number of fused-ring (bicyclic) bond motifs is 4. The Morgan fingerprint density at radius 2 is 1.64 bits per heavy atom. The summed E-state index contributed by atoms with van der Waals surface area (Å²) in [6, 6.07) is 26.3. The SMILES string of the molecule is Cc1ccccc1-n1c(N/N=C/c2ccccc2)nc2c(c1=O)C1(CCCCC1)Cc1ccccc1-2. The third-order valence-electron chi connectivity index (χ3n) is 7.76. The molecule has 0 unspecified atom stereocenters. The number of nitrogens with one attached hydrogen (secondary N) is 1. The van der Waals surface area contributed by atoms with Gasteiger partial charge in [-0.3, -0.25) is 4.79 Å². The van der Waals surface area contributed by atoms with E-state index in [1.807, 2.05) is 67.6 Å². The molecule has 3 aromatic carbocycles. The molecule has 1 aromatic heterocycles. The van der Waals surface area contributed by atoms with Crippen LogP contribution in [0.25, 0.3) is 16.9 Å². The number of benzene rings is 3. The molecule has 6 rings (SSSR count). The Morgan fingerprint density at radius 3 is 2.44 bits per heavy atom. The van der Waals surface area contributed by atoms with E-state index in [1.54, 1.807) is 10.8 Å². The van der Waals surface area contributed by atoms with Gasteiger partial charge in [0, 0.05) is 11.0 Å². The van der Waals surface area contributed by atoms with Crippen molar-refractivity contribution in [1.82, 2.24) is 9.55 Å². The van der Waals surface area contributed by atoms with Crippen LogP contribution in [0.2, 0.25) is 0 Å². The lowest BCUT2D eigenvalue weighted by atomic mass is 9.62. The van der Waals surface area contributed by atoms with E-state index in [-0.39, 0.29) is 11.0 Å².